The molecule has 1 aromatic heterocycles. The number of aliphatic hydroxyl groups is 1. The summed E-state index contributed by atoms with van der Waals surface area (Å²) >= 11 is 0. The minimum Gasteiger partial charge on any atom is -0.454 e. The number of nitrogens with two attached hydrogens (primary N) is 2. The Balaban J connectivity index is 0.000000599. The van der Waals surface area contributed by atoms with E-state index in [1.807, 2.05) is 13.0 Å². The number of amides is 2. The Kier molecular flexibility index (Phi) is 9.55. The molecule has 9 nitrogen and oxygen atoms in total. The maximum atomic E-state index is 13.8. The lowest BCUT2D eigenvalue weighted by Crippen LogP contribution is -2.36. The van der Waals surface area contributed by atoms with Crippen LogP contribution in [0.15, 0.2) is 54.6 Å². The third kappa shape index (κ3) is 6.94. The zero-order valence-corrected chi connectivity index (χ0v) is 21.2. The summed E-state index contributed by atoms with van der Waals surface area (Å²) in [5.74, 6) is -1.93. The zero-order chi connectivity index (χ0) is 27.8. The van der Waals surface area contributed by atoms with Crippen LogP contribution in [0.3, 0.4) is 0 Å². The molecule has 1 aliphatic rings. The van der Waals surface area contributed by atoms with Crippen molar-refractivity contribution in [2.75, 3.05) is 18.8 Å². The fraction of sp³-hybridized carbons (Fsp3) is 0.296. The largest absolute Gasteiger partial charge is 0.454 e. The molecule has 2 heterocycles. The van der Waals surface area contributed by atoms with E-state index in [2.05, 4.69) is 5.10 Å². The van der Waals surface area contributed by atoms with Crippen LogP contribution in [0.5, 0.6) is 11.5 Å². The molecule has 202 valence electrons. The highest BCUT2D eigenvalue weighted by Gasteiger charge is 2.28. The van der Waals surface area contributed by atoms with Crippen molar-refractivity contribution in [3.8, 4) is 22.8 Å². The van der Waals surface area contributed by atoms with Crippen molar-refractivity contribution in [2.24, 2.45) is 5.73 Å². The van der Waals surface area contributed by atoms with Crippen LogP contribution in [0.2, 0.25) is 0 Å². The number of aromatic nitrogens is 2. The highest BCUT2D eigenvalue weighted by Crippen LogP contribution is 2.33. The van der Waals surface area contributed by atoms with Crippen molar-refractivity contribution in [2.45, 2.75) is 38.8 Å². The second-order valence-corrected chi connectivity index (χ2v) is 8.78. The normalized spacial score (nSPS) is 16.0. The van der Waals surface area contributed by atoms with Crippen molar-refractivity contribution in [3.63, 3.8) is 0 Å². The van der Waals surface area contributed by atoms with E-state index in [0.717, 1.165) is 31.4 Å². The van der Waals surface area contributed by atoms with Gasteiger partial charge >= 0.3 is 0 Å². The van der Waals surface area contributed by atoms with Crippen molar-refractivity contribution in [1.82, 2.24) is 14.7 Å². The van der Waals surface area contributed by atoms with E-state index < -0.39 is 17.5 Å². The number of ether oxygens (including phenoxy) is 1. The Hall–Kier alpha value is -4.25. The third-order valence-electron chi connectivity index (χ3n) is 5.84. The molecular formula is C27H31F2N5O4. The molecule has 0 saturated carbocycles. The number of primary amides is 1. The smallest absolute Gasteiger partial charge is 0.254 e. The molecule has 2 amide bonds. The number of likely N-dealkylation sites (tertiary alicyclic amines) is 1. The van der Waals surface area contributed by atoms with E-state index in [1.165, 1.54) is 6.07 Å². The summed E-state index contributed by atoms with van der Waals surface area (Å²) in [6.45, 7) is 4.70. The molecule has 4 rings (SSSR count). The Morgan fingerprint density at radius 2 is 1.95 bits per heavy atom. The number of hydrogen-bond donors (Lipinski definition) is 3. The first-order valence-corrected chi connectivity index (χ1v) is 12.1. The molecule has 38 heavy (non-hydrogen) atoms. The predicted molar refractivity (Wildman–Crippen MR) is 139 cm³/mol. The second-order valence-electron chi connectivity index (χ2n) is 8.78. The van der Waals surface area contributed by atoms with Crippen LogP contribution < -0.4 is 16.2 Å². The van der Waals surface area contributed by atoms with E-state index in [1.54, 1.807) is 46.8 Å². The van der Waals surface area contributed by atoms with Gasteiger partial charge in [0.15, 0.2) is 11.6 Å². The third-order valence-corrected chi connectivity index (χ3v) is 5.84. The lowest BCUT2D eigenvalue weighted by Gasteiger charge is -2.30. The molecule has 5 N–H and O–H groups in total. The second kappa shape index (κ2) is 12.8. The first-order chi connectivity index (χ1) is 18.1. The highest BCUT2D eigenvalue weighted by molar-refractivity contribution is 6.03. The van der Waals surface area contributed by atoms with Crippen LogP contribution in [-0.2, 0) is 4.79 Å². The van der Waals surface area contributed by atoms with E-state index >= 15 is 0 Å². The average Bonchev–Trinajstić information content (AvgIpc) is 3.24. The van der Waals surface area contributed by atoms with Crippen LogP contribution in [0.25, 0.3) is 11.3 Å². The van der Waals surface area contributed by atoms with Crippen molar-refractivity contribution >= 4 is 18.1 Å². The fourth-order valence-electron chi connectivity index (χ4n) is 4.09. The number of nitrogens with zero attached hydrogens (tertiary/aromatic N) is 3. The number of piperidine rings is 1. The van der Waals surface area contributed by atoms with Gasteiger partial charge in [0.05, 0.1) is 12.1 Å². The van der Waals surface area contributed by atoms with Crippen LogP contribution in [-0.4, -0.2) is 51.3 Å². The standard InChI is InChI=1S/C22H21F2N5O3.C5H10O/c23-14-5-8-18(17(24)10-14)32-16-6-3-13(4-7-16)20-19(22(26)31)21(25)29(27-20)15-2-1-9-28(11-15)12-30;1-3-4-5(2)6/h3-8,10,12,15H,1-2,9,11,25H2,(H2,26,31);3-6H,1-2H3/b;4-3+/t15-;/m1./s1. The lowest BCUT2D eigenvalue weighted by atomic mass is 10.1. The Labute approximate surface area is 219 Å². The Morgan fingerprint density at radius 3 is 2.50 bits per heavy atom. The molecule has 0 spiro atoms. The topological polar surface area (TPSA) is 137 Å². The van der Waals surface area contributed by atoms with Crippen LogP contribution in [0.4, 0.5) is 14.6 Å². The van der Waals surface area contributed by atoms with Gasteiger partial charge in [0.25, 0.3) is 5.91 Å². The van der Waals surface area contributed by atoms with E-state index in [0.29, 0.717) is 30.1 Å². The fourth-order valence-corrected chi connectivity index (χ4v) is 4.09. The molecule has 1 aliphatic heterocycles. The summed E-state index contributed by atoms with van der Waals surface area (Å²) in [5, 5.41) is 13.0. The Bertz CT molecular complexity index is 1290. The summed E-state index contributed by atoms with van der Waals surface area (Å²) in [6.07, 6.45) is 5.59. The summed E-state index contributed by atoms with van der Waals surface area (Å²) in [6, 6.07) is 9.23. The molecule has 11 heteroatoms. The van der Waals surface area contributed by atoms with Crippen LogP contribution in [0, 0.1) is 11.6 Å². The first kappa shape index (κ1) is 28.3. The number of hydrogen-bond acceptors (Lipinski definition) is 6. The maximum absolute atomic E-state index is 13.8. The lowest BCUT2D eigenvalue weighted by molar-refractivity contribution is -0.119. The molecule has 3 aromatic rings. The van der Waals surface area contributed by atoms with Gasteiger partial charge in [0.1, 0.15) is 28.6 Å². The van der Waals surface area contributed by atoms with Gasteiger partial charge in [-0.25, -0.2) is 13.5 Å². The van der Waals surface area contributed by atoms with Crippen LogP contribution in [0.1, 0.15) is 43.1 Å². The molecule has 2 aromatic carbocycles. The van der Waals surface area contributed by atoms with Gasteiger partial charge in [-0.2, -0.15) is 5.10 Å². The van der Waals surface area contributed by atoms with Gasteiger partial charge in [-0.15, -0.1) is 0 Å². The summed E-state index contributed by atoms with van der Waals surface area (Å²) in [4.78, 5) is 24.9. The van der Waals surface area contributed by atoms with E-state index in [-0.39, 0.29) is 29.3 Å². The van der Waals surface area contributed by atoms with Crippen molar-refractivity contribution in [1.29, 1.82) is 0 Å². The highest BCUT2D eigenvalue weighted by atomic mass is 19.1. The minimum atomic E-state index is -0.826. The average molecular weight is 528 g/mol. The van der Waals surface area contributed by atoms with Gasteiger partial charge in [-0.05, 0) is 63.1 Å². The summed E-state index contributed by atoms with van der Waals surface area (Å²) in [7, 11) is 0. The molecule has 1 fully saturated rings. The number of nitrogen functional groups attached to an aromatic ring is 1. The van der Waals surface area contributed by atoms with E-state index in [4.69, 9.17) is 21.3 Å². The monoisotopic (exact) mass is 527 g/mol. The number of rotatable bonds is 7. The van der Waals surface area contributed by atoms with Gasteiger partial charge in [-0.1, -0.05) is 12.2 Å². The number of benzene rings is 2. The summed E-state index contributed by atoms with van der Waals surface area (Å²) < 4.78 is 33.9. The molecule has 1 unspecified atom stereocenters. The minimum absolute atomic E-state index is 0.0893. The zero-order valence-electron chi connectivity index (χ0n) is 21.2. The van der Waals surface area contributed by atoms with Gasteiger partial charge in [0.2, 0.25) is 6.41 Å². The number of anilines is 1. The number of halogens is 2. The molecular weight excluding hydrogens is 496 g/mol. The van der Waals surface area contributed by atoms with Crippen molar-refractivity contribution < 1.29 is 28.2 Å². The SMILES string of the molecule is C/C=C/C(C)O.NC(=O)c1c(-c2ccc(Oc3ccc(F)cc3F)cc2)nn([C@@H]2CCCN(C=O)C2)c1N. The van der Waals surface area contributed by atoms with Crippen LogP contribution >= 0.6 is 0 Å². The number of aliphatic hydroxyl groups excluding tert-OH is 1. The first-order valence-electron chi connectivity index (χ1n) is 12.1. The molecule has 1 saturated heterocycles. The predicted octanol–water partition coefficient (Wildman–Crippen LogP) is 4.04. The van der Waals surface area contributed by atoms with Gasteiger partial charge in [-0.3, -0.25) is 9.59 Å². The quantitative estimate of drug-likeness (QED) is 0.313. The molecule has 0 aliphatic carbocycles. The maximum Gasteiger partial charge on any atom is 0.254 e. The molecule has 0 bridgehead atoms. The molecule has 0 radical (unpaired) electrons. The number of allylic oxidation sites excluding steroid dienone is 1. The van der Waals surface area contributed by atoms with Gasteiger partial charge < -0.3 is 26.2 Å². The Morgan fingerprint density at radius 1 is 1.24 bits per heavy atom. The molecule has 2 atom stereocenters. The summed E-state index contributed by atoms with van der Waals surface area (Å²) in [5.41, 5.74) is 12.7. The van der Waals surface area contributed by atoms with Crippen molar-refractivity contribution in [3.05, 3.63) is 71.8 Å². The number of carbonyl (C=O) groups is 2. The van der Waals surface area contributed by atoms with E-state index in [9.17, 15) is 18.4 Å². The number of carbonyl (C=O) groups excluding carboxylic acids is 2. The van der Waals surface area contributed by atoms with Gasteiger partial charge in [0, 0.05) is 24.7 Å².